The second-order valence-electron chi connectivity index (χ2n) is 3.34. The summed E-state index contributed by atoms with van der Waals surface area (Å²) in [6.07, 6.45) is 6.83. The van der Waals surface area contributed by atoms with Crippen molar-refractivity contribution in [1.29, 1.82) is 0 Å². The molecule has 1 nitrogen and oxygen atoms in total. The maximum Gasteiger partial charge on any atom is 0.120 e. The van der Waals surface area contributed by atoms with E-state index in [0.29, 0.717) is 12.3 Å². The molecule has 0 spiro atoms. The lowest BCUT2D eigenvalue weighted by atomic mass is 10.0. The van der Waals surface area contributed by atoms with E-state index in [0.717, 1.165) is 12.7 Å². The van der Waals surface area contributed by atoms with Crippen molar-refractivity contribution in [3.8, 4) is 0 Å². The van der Waals surface area contributed by atoms with Crippen LogP contribution in [0.1, 0.15) is 25.3 Å². The fourth-order valence-corrected chi connectivity index (χ4v) is 1.32. The van der Waals surface area contributed by atoms with E-state index in [1.807, 2.05) is 18.2 Å². The number of carbonyl (C=O) groups is 1. The molecule has 1 heteroatoms. The van der Waals surface area contributed by atoms with E-state index in [4.69, 9.17) is 0 Å². The molecule has 74 valence electrons. The molecule has 1 unspecified atom stereocenters. The van der Waals surface area contributed by atoms with Crippen LogP contribution < -0.4 is 0 Å². The Hall–Kier alpha value is -1.37. The molecule has 0 heterocycles. The largest absolute Gasteiger partial charge is 0.303 e. The van der Waals surface area contributed by atoms with Crippen LogP contribution in [0.15, 0.2) is 36.4 Å². The minimum Gasteiger partial charge on any atom is -0.303 e. The van der Waals surface area contributed by atoms with Gasteiger partial charge in [-0.25, -0.2) is 0 Å². The van der Waals surface area contributed by atoms with Gasteiger partial charge in [0.2, 0.25) is 0 Å². The first-order chi connectivity index (χ1) is 6.86. The number of hydrogen-bond donors (Lipinski definition) is 0. The third kappa shape index (κ3) is 3.56. The normalized spacial score (nSPS) is 12.9. The smallest absolute Gasteiger partial charge is 0.120 e. The molecule has 0 aliphatic rings. The summed E-state index contributed by atoms with van der Waals surface area (Å²) in [7, 11) is 0. The zero-order valence-corrected chi connectivity index (χ0v) is 8.52. The van der Waals surface area contributed by atoms with Crippen LogP contribution >= 0.6 is 0 Å². The molecule has 0 aromatic heterocycles. The topological polar surface area (TPSA) is 17.1 Å². The first-order valence-corrected chi connectivity index (χ1v) is 5.03. The monoisotopic (exact) mass is 188 g/mol. The molecule has 0 aliphatic carbocycles. The Morgan fingerprint density at radius 3 is 2.57 bits per heavy atom. The number of carbonyl (C=O) groups excluding carboxylic acids is 1. The van der Waals surface area contributed by atoms with Crippen molar-refractivity contribution < 1.29 is 4.79 Å². The summed E-state index contributed by atoms with van der Waals surface area (Å²) in [5.41, 5.74) is 1.19. The van der Waals surface area contributed by atoms with Crippen molar-refractivity contribution in [3.05, 3.63) is 42.0 Å². The molecule has 0 amide bonds. The Morgan fingerprint density at radius 2 is 2.00 bits per heavy atom. The molecule has 0 bridgehead atoms. The van der Waals surface area contributed by atoms with Gasteiger partial charge in [-0.3, -0.25) is 0 Å². The Balaban J connectivity index is 2.57. The Morgan fingerprint density at radius 1 is 1.29 bits per heavy atom. The van der Waals surface area contributed by atoms with E-state index in [-0.39, 0.29) is 0 Å². The van der Waals surface area contributed by atoms with Crippen molar-refractivity contribution in [1.82, 2.24) is 0 Å². The molecular weight excluding hydrogens is 172 g/mol. The lowest BCUT2D eigenvalue weighted by Gasteiger charge is -2.03. The zero-order chi connectivity index (χ0) is 10.2. The molecule has 1 aromatic carbocycles. The minimum absolute atomic E-state index is 0.382. The highest BCUT2D eigenvalue weighted by Crippen LogP contribution is 2.11. The quantitative estimate of drug-likeness (QED) is 0.648. The van der Waals surface area contributed by atoms with Crippen LogP contribution in [0.25, 0.3) is 6.08 Å². The first-order valence-electron chi connectivity index (χ1n) is 5.03. The van der Waals surface area contributed by atoms with Crippen molar-refractivity contribution in [3.63, 3.8) is 0 Å². The number of rotatable bonds is 5. The van der Waals surface area contributed by atoms with E-state index in [1.54, 1.807) is 0 Å². The molecule has 0 N–H and O–H groups in total. The summed E-state index contributed by atoms with van der Waals surface area (Å²) in [6.45, 7) is 2.10. The molecule has 0 aliphatic heterocycles. The summed E-state index contributed by atoms with van der Waals surface area (Å²) in [5, 5.41) is 0. The second kappa shape index (κ2) is 6.14. The number of aldehydes is 1. The van der Waals surface area contributed by atoms with Crippen LogP contribution in [-0.2, 0) is 4.79 Å². The summed E-state index contributed by atoms with van der Waals surface area (Å²) in [6, 6.07) is 10.1. The second-order valence-corrected chi connectivity index (χ2v) is 3.34. The highest BCUT2D eigenvalue weighted by atomic mass is 16.1. The van der Waals surface area contributed by atoms with Gasteiger partial charge >= 0.3 is 0 Å². The van der Waals surface area contributed by atoms with E-state index in [1.165, 1.54) is 5.56 Å². The van der Waals surface area contributed by atoms with Crippen molar-refractivity contribution >= 4 is 12.4 Å². The Bertz CT molecular complexity index is 287. The molecule has 0 fully saturated rings. The van der Waals surface area contributed by atoms with E-state index in [9.17, 15) is 4.79 Å². The SMILES string of the molecule is CCC(/C=C/c1ccccc1)CC=O. The van der Waals surface area contributed by atoms with Crippen LogP contribution in [0.4, 0.5) is 0 Å². The molecule has 1 rings (SSSR count). The number of allylic oxidation sites excluding steroid dienone is 1. The summed E-state index contributed by atoms with van der Waals surface area (Å²) >= 11 is 0. The molecule has 1 atom stereocenters. The fourth-order valence-electron chi connectivity index (χ4n) is 1.32. The van der Waals surface area contributed by atoms with Gasteiger partial charge in [0.1, 0.15) is 6.29 Å². The number of benzene rings is 1. The van der Waals surface area contributed by atoms with Crippen LogP contribution in [0.5, 0.6) is 0 Å². The Labute approximate surface area is 85.5 Å². The summed E-state index contributed by atoms with van der Waals surface area (Å²) < 4.78 is 0. The van der Waals surface area contributed by atoms with Crippen LogP contribution in [0.3, 0.4) is 0 Å². The van der Waals surface area contributed by atoms with Gasteiger partial charge in [0.15, 0.2) is 0 Å². The van der Waals surface area contributed by atoms with Crippen molar-refractivity contribution in [2.24, 2.45) is 5.92 Å². The number of hydrogen-bond acceptors (Lipinski definition) is 1. The average Bonchev–Trinajstić information content (AvgIpc) is 2.25. The van der Waals surface area contributed by atoms with Gasteiger partial charge in [0, 0.05) is 6.42 Å². The summed E-state index contributed by atoms with van der Waals surface area (Å²) in [5.74, 6) is 0.382. The average molecular weight is 188 g/mol. The highest BCUT2D eigenvalue weighted by molar-refractivity contribution is 5.53. The first kappa shape index (κ1) is 10.7. The molecule has 14 heavy (non-hydrogen) atoms. The molecule has 0 saturated heterocycles. The van der Waals surface area contributed by atoms with Gasteiger partial charge in [-0.05, 0) is 17.9 Å². The van der Waals surface area contributed by atoms with Crippen LogP contribution in [-0.4, -0.2) is 6.29 Å². The minimum atomic E-state index is 0.382. The molecule has 1 aromatic rings. The lowest BCUT2D eigenvalue weighted by Crippen LogP contribution is -1.94. The van der Waals surface area contributed by atoms with Crippen LogP contribution in [0, 0.1) is 5.92 Å². The van der Waals surface area contributed by atoms with Crippen molar-refractivity contribution in [2.45, 2.75) is 19.8 Å². The highest BCUT2D eigenvalue weighted by Gasteiger charge is 1.99. The van der Waals surface area contributed by atoms with Crippen molar-refractivity contribution in [2.75, 3.05) is 0 Å². The fraction of sp³-hybridized carbons (Fsp3) is 0.308. The molecule has 0 saturated carbocycles. The maximum atomic E-state index is 10.4. The van der Waals surface area contributed by atoms with Gasteiger partial charge in [-0.2, -0.15) is 0 Å². The van der Waals surface area contributed by atoms with Gasteiger partial charge in [-0.15, -0.1) is 0 Å². The summed E-state index contributed by atoms with van der Waals surface area (Å²) in [4.78, 5) is 10.4. The maximum absolute atomic E-state index is 10.4. The standard InChI is InChI=1S/C13H16O/c1-2-12(10-11-14)8-9-13-6-4-3-5-7-13/h3-9,11-12H,2,10H2,1H3/b9-8+. The molecule has 0 radical (unpaired) electrons. The third-order valence-corrected chi connectivity index (χ3v) is 2.28. The van der Waals surface area contributed by atoms with Gasteiger partial charge in [0.25, 0.3) is 0 Å². The zero-order valence-electron chi connectivity index (χ0n) is 8.52. The van der Waals surface area contributed by atoms with Gasteiger partial charge < -0.3 is 4.79 Å². The van der Waals surface area contributed by atoms with Crippen LogP contribution in [0.2, 0.25) is 0 Å². The molecular formula is C13H16O. The van der Waals surface area contributed by atoms with E-state index < -0.39 is 0 Å². The van der Waals surface area contributed by atoms with Gasteiger partial charge in [-0.1, -0.05) is 49.4 Å². The third-order valence-electron chi connectivity index (χ3n) is 2.28. The Kier molecular flexibility index (Phi) is 4.70. The predicted molar refractivity (Wildman–Crippen MR) is 59.9 cm³/mol. The van der Waals surface area contributed by atoms with Gasteiger partial charge in [0.05, 0.1) is 0 Å². The predicted octanol–water partition coefficient (Wildman–Crippen LogP) is 3.32. The van der Waals surface area contributed by atoms with E-state index in [2.05, 4.69) is 31.2 Å². The lowest BCUT2D eigenvalue weighted by molar-refractivity contribution is -0.108. The van der Waals surface area contributed by atoms with E-state index >= 15 is 0 Å².